The first-order chi connectivity index (χ1) is 13.9. The molecule has 148 valence electrons. The minimum Gasteiger partial charge on any atom is -0.354 e. The largest absolute Gasteiger partial charge is 0.354 e. The van der Waals surface area contributed by atoms with Crippen molar-refractivity contribution in [2.24, 2.45) is 7.05 Å². The smallest absolute Gasteiger partial charge is 0.279 e. The SMILES string of the molecule is CON(C)C(=O)c1ccccc1Nc1ccnc(Nc2cn(C)nc2C)c1C#N. The minimum absolute atomic E-state index is 0.313. The van der Waals surface area contributed by atoms with Gasteiger partial charge in [-0.05, 0) is 25.1 Å². The number of carbonyl (C=O) groups excluding carboxylic acids is 1. The number of pyridine rings is 1. The maximum Gasteiger partial charge on any atom is 0.279 e. The monoisotopic (exact) mass is 391 g/mol. The molecule has 0 atom stereocenters. The Bertz CT molecular complexity index is 1080. The predicted molar refractivity (Wildman–Crippen MR) is 109 cm³/mol. The topological polar surface area (TPSA) is 108 Å². The number of aryl methyl sites for hydroxylation is 2. The van der Waals surface area contributed by atoms with Gasteiger partial charge in [-0.15, -0.1) is 0 Å². The van der Waals surface area contributed by atoms with Crippen LogP contribution in [0.25, 0.3) is 0 Å². The quantitative estimate of drug-likeness (QED) is 0.622. The van der Waals surface area contributed by atoms with Crippen molar-refractivity contribution in [2.75, 3.05) is 24.8 Å². The molecule has 2 N–H and O–H groups in total. The zero-order valence-electron chi connectivity index (χ0n) is 16.6. The van der Waals surface area contributed by atoms with Crippen molar-refractivity contribution in [3.63, 3.8) is 0 Å². The summed E-state index contributed by atoms with van der Waals surface area (Å²) in [6.07, 6.45) is 3.40. The number of nitriles is 1. The van der Waals surface area contributed by atoms with Crippen LogP contribution in [0.2, 0.25) is 0 Å². The highest BCUT2D eigenvalue weighted by atomic mass is 16.7. The van der Waals surface area contributed by atoms with E-state index in [2.05, 4.69) is 26.8 Å². The molecule has 2 aromatic heterocycles. The van der Waals surface area contributed by atoms with Crippen molar-refractivity contribution in [3.8, 4) is 6.07 Å². The molecule has 2 heterocycles. The molecule has 0 radical (unpaired) electrons. The normalized spacial score (nSPS) is 10.3. The molecular weight excluding hydrogens is 370 g/mol. The number of hydroxylamine groups is 2. The van der Waals surface area contributed by atoms with Gasteiger partial charge < -0.3 is 10.6 Å². The van der Waals surface area contributed by atoms with E-state index in [9.17, 15) is 10.1 Å². The van der Waals surface area contributed by atoms with Gasteiger partial charge in [-0.2, -0.15) is 10.4 Å². The van der Waals surface area contributed by atoms with Crippen LogP contribution in [-0.2, 0) is 11.9 Å². The summed E-state index contributed by atoms with van der Waals surface area (Å²) in [6, 6.07) is 10.9. The number of nitrogens with zero attached hydrogens (tertiary/aromatic N) is 5. The highest BCUT2D eigenvalue weighted by molar-refractivity contribution is 6.00. The van der Waals surface area contributed by atoms with E-state index >= 15 is 0 Å². The van der Waals surface area contributed by atoms with Gasteiger partial charge >= 0.3 is 0 Å². The van der Waals surface area contributed by atoms with Gasteiger partial charge in [0.25, 0.3) is 5.91 Å². The summed E-state index contributed by atoms with van der Waals surface area (Å²) < 4.78 is 1.68. The molecule has 0 saturated heterocycles. The number of rotatable bonds is 6. The molecule has 0 saturated carbocycles. The standard InChI is InChI=1S/C20H21N7O2/c1-13-18(12-26(2)25-13)24-19-15(11-21)17(9-10-22-19)23-16-8-6-5-7-14(16)20(28)27(3)29-4/h5-10,12H,1-4H3,(H2,22,23,24). The third-order valence-corrected chi connectivity index (χ3v) is 4.32. The number of benzene rings is 1. The Labute approximate surface area is 168 Å². The van der Waals surface area contributed by atoms with E-state index in [1.807, 2.05) is 20.2 Å². The molecule has 3 aromatic rings. The Hall–Kier alpha value is -3.90. The Morgan fingerprint density at radius 2 is 1.97 bits per heavy atom. The average molecular weight is 391 g/mol. The van der Waals surface area contributed by atoms with Crippen molar-refractivity contribution in [3.05, 3.63) is 59.5 Å². The van der Waals surface area contributed by atoms with Crippen molar-refractivity contribution in [2.45, 2.75) is 6.92 Å². The van der Waals surface area contributed by atoms with Crippen LogP contribution in [0.3, 0.4) is 0 Å². The number of para-hydroxylation sites is 1. The lowest BCUT2D eigenvalue weighted by Crippen LogP contribution is -2.26. The number of aromatic nitrogens is 3. The zero-order valence-corrected chi connectivity index (χ0v) is 16.6. The molecule has 0 spiro atoms. The van der Waals surface area contributed by atoms with Gasteiger partial charge in [-0.25, -0.2) is 10.0 Å². The summed E-state index contributed by atoms with van der Waals surface area (Å²) in [5.74, 6) is 0.0823. The van der Waals surface area contributed by atoms with Gasteiger partial charge in [0.15, 0.2) is 5.82 Å². The number of carbonyl (C=O) groups is 1. The van der Waals surface area contributed by atoms with E-state index in [0.29, 0.717) is 28.3 Å². The third kappa shape index (κ3) is 4.17. The van der Waals surface area contributed by atoms with Gasteiger partial charge in [0, 0.05) is 26.5 Å². The maximum atomic E-state index is 12.6. The van der Waals surface area contributed by atoms with E-state index in [1.54, 1.807) is 41.2 Å². The van der Waals surface area contributed by atoms with Crippen LogP contribution in [0.15, 0.2) is 42.7 Å². The number of hydrogen-bond acceptors (Lipinski definition) is 7. The molecule has 9 nitrogen and oxygen atoms in total. The van der Waals surface area contributed by atoms with Crippen molar-refractivity contribution < 1.29 is 9.63 Å². The van der Waals surface area contributed by atoms with Crippen LogP contribution in [0.1, 0.15) is 21.6 Å². The summed E-state index contributed by atoms with van der Waals surface area (Å²) >= 11 is 0. The first-order valence-electron chi connectivity index (χ1n) is 8.79. The number of anilines is 4. The van der Waals surface area contributed by atoms with Gasteiger partial charge in [0.2, 0.25) is 0 Å². The number of nitrogens with one attached hydrogen (secondary N) is 2. The summed E-state index contributed by atoms with van der Waals surface area (Å²) in [5, 5.41) is 21.5. The molecule has 1 amide bonds. The molecule has 0 aliphatic heterocycles. The second kappa shape index (κ2) is 8.41. The van der Waals surface area contributed by atoms with Crippen LogP contribution in [0, 0.1) is 18.3 Å². The molecule has 0 aliphatic carbocycles. The molecule has 0 aliphatic rings. The van der Waals surface area contributed by atoms with E-state index in [-0.39, 0.29) is 5.91 Å². The van der Waals surface area contributed by atoms with E-state index in [4.69, 9.17) is 4.84 Å². The Morgan fingerprint density at radius 1 is 1.21 bits per heavy atom. The fourth-order valence-corrected chi connectivity index (χ4v) is 2.80. The summed E-state index contributed by atoms with van der Waals surface area (Å²) in [7, 11) is 4.77. The molecule has 0 unspecified atom stereocenters. The van der Waals surface area contributed by atoms with Crippen LogP contribution in [0.4, 0.5) is 22.9 Å². The second-order valence-corrected chi connectivity index (χ2v) is 6.28. The van der Waals surface area contributed by atoms with E-state index in [1.165, 1.54) is 14.2 Å². The van der Waals surface area contributed by atoms with E-state index < -0.39 is 0 Å². The Kier molecular flexibility index (Phi) is 5.76. The van der Waals surface area contributed by atoms with Crippen LogP contribution < -0.4 is 10.6 Å². The lowest BCUT2D eigenvalue weighted by molar-refractivity contribution is -0.0756. The van der Waals surface area contributed by atoms with Gasteiger partial charge in [-0.3, -0.25) is 14.3 Å². The number of amides is 1. The summed E-state index contributed by atoms with van der Waals surface area (Å²) in [6.45, 7) is 1.87. The van der Waals surface area contributed by atoms with Crippen molar-refractivity contribution in [1.29, 1.82) is 5.26 Å². The molecule has 3 rings (SSSR count). The zero-order chi connectivity index (χ0) is 21.0. The molecule has 9 heteroatoms. The van der Waals surface area contributed by atoms with Gasteiger partial charge in [-0.1, -0.05) is 12.1 Å². The van der Waals surface area contributed by atoms with Crippen molar-refractivity contribution >= 4 is 28.8 Å². The fraction of sp³-hybridized carbons (Fsp3) is 0.200. The first kappa shape index (κ1) is 19.9. The Balaban J connectivity index is 1.96. The average Bonchev–Trinajstić information content (AvgIpc) is 3.04. The fourth-order valence-electron chi connectivity index (χ4n) is 2.80. The van der Waals surface area contributed by atoms with E-state index in [0.717, 1.165) is 16.4 Å². The molecule has 0 bridgehead atoms. The summed E-state index contributed by atoms with van der Waals surface area (Å²) in [4.78, 5) is 21.8. The minimum atomic E-state index is -0.313. The molecule has 29 heavy (non-hydrogen) atoms. The Morgan fingerprint density at radius 3 is 2.62 bits per heavy atom. The molecular formula is C20H21N7O2. The first-order valence-corrected chi connectivity index (χ1v) is 8.79. The molecule has 1 aromatic carbocycles. The van der Waals surface area contributed by atoms with Crippen molar-refractivity contribution in [1.82, 2.24) is 19.8 Å². The van der Waals surface area contributed by atoms with Crippen LogP contribution >= 0.6 is 0 Å². The highest BCUT2D eigenvalue weighted by Crippen LogP contribution is 2.29. The predicted octanol–water partition coefficient (Wildman–Crippen LogP) is 3.12. The van der Waals surface area contributed by atoms with Gasteiger partial charge in [0.1, 0.15) is 11.6 Å². The van der Waals surface area contributed by atoms with Crippen LogP contribution in [-0.4, -0.2) is 39.9 Å². The van der Waals surface area contributed by atoms with Crippen LogP contribution in [0.5, 0.6) is 0 Å². The summed E-state index contributed by atoms with van der Waals surface area (Å²) in [5.41, 5.74) is 3.34. The maximum absolute atomic E-state index is 12.6. The highest BCUT2D eigenvalue weighted by Gasteiger charge is 2.18. The second-order valence-electron chi connectivity index (χ2n) is 6.28. The third-order valence-electron chi connectivity index (χ3n) is 4.32. The molecule has 0 fully saturated rings. The lowest BCUT2D eigenvalue weighted by atomic mass is 10.1. The lowest BCUT2D eigenvalue weighted by Gasteiger charge is -2.18. The number of hydrogen-bond donors (Lipinski definition) is 2. The van der Waals surface area contributed by atoms with Gasteiger partial charge in [0.05, 0.1) is 35.4 Å².